The molecule has 0 saturated heterocycles. The van der Waals surface area contributed by atoms with Gasteiger partial charge in [0.05, 0.1) is 28.5 Å². The minimum Gasteiger partial charge on any atom is -0.493 e. The van der Waals surface area contributed by atoms with Crippen LogP contribution in [-0.2, 0) is 9.05 Å². The zero-order valence-electron chi connectivity index (χ0n) is 18.1. The zero-order chi connectivity index (χ0) is 22.9. The van der Waals surface area contributed by atoms with Crippen LogP contribution in [0.4, 0.5) is 0 Å². The van der Waals surface area contributed by atoms with Crippen LogP contribution in [0, 0.1) is 12.3 Å². The number of hydrogen-bond acceptors (Lipinski definition) is 6. The van der Waals surface area contributed by atoms with Crippen molar-refractivity contribution in [1.29, 1.82) is 5.41 Å². The topological polar surface area (TPSA) is 113 Å². The van der Waals surface area contributed by atoms with Crippen LogP contribution in [0.5, 0.6) is 5.75 Å². The van der Waals surface area contributed by atoms with E-state index < -0.39 is 14.6 Å². The van der Waals surface area contributed by atoms with Gasteiger partial charge in [-0.3, -0.25) is 4.79 Å². The van der Waals surface area contributed by atoms with Gasteiger partial charge in [-0.05, 0) is 38.5 Å². The molecule has 30 heavy (non-hydrogen) atoms. The molecule has 0 unspecified atom stereocenters. The summed E-state index contributed by atoms with van der Waals surface area (Å²) in [5.74, 6) is 0.485. The van der Waals surface area contributed by atoms with Crippen molar-refractivity contribution in [2.45, 2.75) is 65.2 Å². The fourth-order valence-corrected chi connectivity index (χ4v) is 3.23. The summed E-state index contributed by atoms with van der Waals surface area (Å²) in [6.07, 6.45) is 3.86. The lowest BCUT2D eigenvalue weighted by Crippen LogP contribution is -2.19. The second-order valence-corrected chi connectivity index (χ2v) is 9.21. The molecule has 0 saturated carbocycles. The molecular formula is C21H30ClN3O4S. The summed E-state index contributed by atoms with van der Waals surface area (Å²) in [6.45, 7) is 10.0. The lowest BCUT2D eigenvalue weighted by Gasteiger charge is -2.13. The van der Waals surface area contributed by atoms with Crippen molar-refractivity contribution in [1.82, 2.24) is 9.97 Å². The average Bonchev–Trinajstić information content (AvgIpc) is 2.70. The number of rotatable bonds is 8. The van der Waals surface area contributed by atoms with Crippen molar-refractivity contribution in [2.75, 3.05) is 6.61 Å². The van der Waals surface area contributed by atoms with Crippen molar-refractivity contribution in [3.8, 4) is 17.1 Å². The first-order valence-corrected chi connectivity index (χ1v) is 12.3. The van der Waals surface area contributed by atoms with E-state index >= 15 is 0 Å². The largest absolute Gasteiger partial charge is 0.493 e. The van der Waals surface area contributed by atoms with Crippen LogP contribution in [0.2, 0.25) is 0 Å². The van der Waals surface area contributed by atoms with Crippen LogP contribution < -0.4 is 10.3 Å². The van der Waals surface area contributed by atoms with Gasteiger partial charge in [0.2, 0.25) is 0 Å². The maximum atomic E-state index is 12.3. The summed E-state index contributed by atoms with van der Waals surface area (Å²) in [7, 11) is 1.47. The maximum absolute atomic E-state index is 12.3. The zero-order valence-corrected chi connectivity index (χ0v) is 19.7. The first kappa shape index (κ1) is 25.8. The lowest BCUT2D eigenvalue weighted by atomic mass is 10.1. The van der Waals surface area contributed by atoms with E-state index in [9.17, 15) is 13.2 Å². The van der Waals surface area contributed by atoms with Gasteiger partial charge in [0.1, 0.15) is 11.6 Å². The Morgan fingerprint density at radius 3 is 2.30 bits per heavy atom. The molecule has 0 amide bonds. The smallest absolute Gasteiger partial charge is 0.261 e. The molecule has 0 aliphatic heterocycles. The summed E-state index contributed by atoms with van der Waals surface area (Å²) in [6, 6.07) is 4.09. The van der Waals surface area contributed by atoms with Crippen LogP contribution in [0.1, 0.15) is 64.6 Å². The number of halogens is 1. The fraction of sp³-hybridized carbons (Fsp3) is 0.476. The molecule has 0 spiro atoms. The standard InChI is InChI=1S/C17H20ClN3O4S.C4H10/c1-4-6-13(19)15-10(3)17(22)21-16(20-15)12-9-11(26(18,23)24)7-8-14(12)25-5-2;1-3-4-2/h7-9,19H,4-6H2,1-3H3,(H,20,21,22);3-4H2,1-2H3. The van der Waals surface area contributed by atoms with Gasteiger partial charge in [-0.2, -0.15) is 0 Å². The number of benzene rings is 1. The van der Waals surface area contributed by atoms with E-state index in [0.29, 0.717) is 24.3 Å². The molecule has 0 aliphatic rings. The molecule has 9 heteroatoms. The average molecular weight is 456 g/mol. The van der Waals surface area contributed by atoms with E-state index in [1.165, 1.54) is 31.0 Å². The number of aromatic nitrogens is 2. The highest BCUT2D eigenvalue weighted by Gasteiger charge is 2.19. The normalized spacial score (nSPS) is 10.9. The highest BCUT2D eigenvalue weighted by atomic mass is 35.7. The fourth-order valence-electron chi connectivity index (χ4n) is 2.45. The summed E-state index contributed by atoms with van der Waals surface area (Å²) in [5, 5.41) is 8.14. The van der Waals surface area contributed by atoms with E-state index in [1.54, 1.807) is 13.8 Å². The highest BCUT2D eigenvalue weighted by molar-refractivity contribution is 8.13. The molecule has 2 N–H and O–H groups in total. The summed E-state index contributed by atoms with van der Waals surface area (Å²) >= 11 is 0. The van der Waals surface area contributed by atoms with Gasteiger partial charge < -0.3 is 15.1 Å². The molecule has 7 nitrogen and oxygen atoms in total. The Morgan fingerprint density at radius 2 is 1.80 bits per heavy atom. The molecule has 1 heterocycles. The minimum absolute atomic E-state index is 0.127. The monoisotopic (exact) mass is 455 g/mol. The van der Waals surface area contributed by atoms with Gasteiger partial charge in [-0.1, -0.05) is 40.0 Å². The molecule has 0 bridgehead atoms. The van der Waals surface area contributed by atoms with Gasteiger partial charge in [0.25, 0.3) is 14.6 Å². The molecule has 0 atom stereocenters. The molecule has 1 aromatic carbocycles. The molecule has 0 fully saturated rings. The van der Waals surface area contributed by atoms with E-state index in [4.69, 9.17) is 20.8 Å². The van der Waals surface area contributed by atoms with Crippen molar-refractivity contribution >= 4 is 25.4 Å². The highest BCUT2D eigenvalue weighted by Crippen LogP contribution is 2.31. The Morgan fingerprint density at radius 1 is 1.17 bits per heavy atom. The third-order valence-electron chi connectivity index (χ3n) is 4.22. The Balaban J connectivity index is 0.00000103. The van der Waals surface area contributed by atoms with Crippen LogP contribution in [0.3, 0.4) is 0 Å². The summed E-state index contributed by atoms with van der Waals surface area (Å²) < 4.78 is 28.9. The van der Waals surface area contributed by atoms with Crippen molar-refractivity contribution < 1.29 is 13.2 Å². The number of aromatic amines is 1. The number of nitrogens with one attached hydrogen (secondary N) is 2. The third-order valence-corrected chi connectivity index (χ3v) is 5.58. The minimum atomic E-state index is -3.96. The second kappa shape index (κ2) is 11.9. The third kappa shape index (κ3) is 6.95. The van der Waals surface area contributed by atoms with Crippen LogP contribution in [0.15, 0.2) is 27.9 Å². The SMILES string of the molecule is CCCC.CCCC(=N)c1nc(-c2cc(S(=O)(=O)Cl)ccc2OCC)[nH]c(=O)c1C. The Hall–Kier alpha value is -2.19. The predicted octanol–water partition coefficient (Wildman–Crippen LogP) is 5.05. The first-order valence-electron chi connectivity index (χ1n) is 10.0. The summed E-state index contributed by atoms with van der Waals surface area (Å²) in [4.78, 5) is 19.2. The van der Waals surface area contributed by atoms with Crippen molar-refractivity contribution in [2.24, 2.45) is 0 Å². The van der Waals surface area contributed by atoms with Gasteiger partial charge in [-0.15, -0.1) is 0 Å². The first-order chi connectivity index (χ1) is 14.1. The molecule has 0 aliphatic carbocycles. The van der Waals surface area contributed by atoms with E-state index in [0.717, 1.165) is 6.42 Å². The van der Waals surface area contributed by atoms with Crippen molar-refractivity contribution in [3.63, 3.8) is 0 Å². The van der Waals surface area contributed by atoms with Crippen LogP contribution >= 0.6 is 10.7 Å². The number of hydrogen-bond donors (Lipinski definition) is 2. The predicted molar refractivity (Wildman–Crippen MR) is 122 cm³/mol. The van der Waals surface area contributed by atoms with Gasteiger partial charge in [-0.25, -0.2) is 13.4 Å². The lowest BCUT2D eigenvalue weighted by molar-refractivity contribution is 0.341. The molecule has 2 rings (SSSR count). The Bertz CT molecular complexity index is 1030. The van der Waals surface area contributed by atoms with Gasteiger partial charge >= 0.3 is 0 Å². The number of unbranched alkanes of at least 4 members (excludes halogenated alkanes) is 1. The molecule has 0 radical (unpaired) electrons. The van der Waals surface area contributed by atoms with Gasteiger partial charge in [0.15, 0.2) is 0 Å². The Kier molecular flexibility index (Phi) is 10.2. The Labute approximate surface area is 182 Å². The number of ether oxygens (including phenoxy) is 1. The maximum Gasteiger partial charge on any atom is 0.261 e. The molecule has 2 aromatic rings. The molecule has 166 valence electrons. The van der Waals surface area contributed by atoms with Gasteiger partial charge in [0, 0.05) is 16.2 Å². The molecular weight excluding hydrogens is 426 g/mol. The van der Waals surface area contributed by atoms with Crippen LogP contribution in [0.25, 0.3) is 11.4 Å². The quantitative estimate of drug-likeness (QED) is 0.427. The van der Waals surface area contributed by atoms with E-state index in [2.05, 4.69) is 23.8 Å². The number of H-pyrrole nitrogens is 1. The van der Waals surface area contributed by atoms with E-state index in [-0.39, 0.29) is 27.7 Å². The second-order valence-electron chi connectivity index (χ2n) is 6.65. The number of nitrogens with zero attached hydrogens (tertiary/aromatic N) is 1. The molecule has 1 aromatic heterocycles. The summed E-state index contributed by atoms with van der Waals surface area (Å²) in [5.41, 5.74) is 0.763. The van der Waals surface area contributed by atoms with Crippen LogP contribution in [-0.4, -0.2) is 30.7 Å². The van der Waals surface area contributed by atoms with E-state index in [1.807, 2.05) is 6.92 Å². The van der Waals surface area contributed by atoms with Crippen molar-refractivity contribution in [3.05, 3.63) is 39.8 Å².